The predicted molar refractivity (Wildman–Crippen MR) is 98.4 cm³/mol. The van der Waals surface area contributed by atoms with Crippen LogP contribution in [0.4, 0.5) is 0 Å². The monoisotopic (exact) mass is 308 g/mol. The Bertz CT molecular complexity index is 771. The highest BCUT2D eigenvalue weighted by Gasteiger charge is 2.32. The molecule has 1 nitrogen and oxygen atoms in total. The average molecular weight is 308 g/mol. The average Bonchev–Trinajstić information content (AvgIpc) is 2.53. The molecule has 0 spiro atoms. The van der Waals surface area contributed by atoms with Gasteiger partial charge in [-0.15, -0.1) is 0 Å². The molecule has 122 valence electrons. The molecule has 0 saturated heterocycles. The zero-order valence-corrected chi connectivity index (χ0v) is 16.0. The third kappa shape index (κ3) is 1.99. The van der Waals surface area contributed by atoms with Gasteiger partial charge in [-0.3, -0.25) is 0 Å². The van der Waals surface area contributed by atoms with Crippen molar-refractivity contribution in [3.05, 3.63) is 55.6 Å². The van der Waals surface area contributed by atoms with Gasteiger partial charge in [0, 0.05) is 17.0 Å². The first-order chi connectivity index (χ1) is 10.7. The van der Waals surface area contributed by atoms with E-state index in [0.717, 1.165) is 11.5 Å². The molecule has 0 amide bonds. The Morgan fingerprint density at radius 3 is 1.13 bits per heavy atom. The van der Waals surface area contributed by atoms with Gasteiger partial charge in [0.25, 0.3) is 0 Å². The second-order valence-electron chi connectivity index (χ2n) is 7.31. The highest BCUT2D eigenvalue weighted by atomic mass is 16.5. The topological polar surface area (TPSA) is 9.23 Å². The van der Waals surface area contributed by atoms with Crippen LogP contribution in [0.3, 0.4) is 0 Å². The summed E-state index contributed by atoms with van der Waals surface area (Å²) in [7, 11) is 0. The summed E-state index contributed by atoms with van der Waals surface area (Å²) in [5, 5.41) is 0. The van der Waals surface area contributed by atoms with Crippen molar-refractivity contribution >= 4 is 0 Å². The van der Waals surface area contributed by atoms with Crippen molar-refractivity contribution in [2.24, 2.45) is 0 Å². The van der Waals surface area contributed by atoms with Crippen molar-refractivity contribution in [2.75, 3.05) is 0 Å². The smallest absolute Gasteiger partial charge is 0.134 e. The minimum atomic E-state index is 0.379. The molecule has 23 heavy (non-hydrogen) atoms. The van der Waals surface area contributed by atoms with Gasteiger partial charge < -0.3 is 4.74 Å². The Morgan fingerprint density at radius 1 is 0.478 bits per heavy atom. The number of ether oxygens (including phenoxy) is 1. The van der Waals surface area contributed by atoms with E-state index in [0.29, 0.717) is 5.92 Å². The maximum atomic E-state index is 6.54. The molecule has 0 N–H and O–H groups in total. The Hall–Kier alpha value is -1.76. The molecule has 0 aliphatic carbocycles. The minimum Gasteiger partial charge on any atom is -0.456 e. The summed E-state index contributed by atoms with van der Waals surface area (Å²) < 4.78 is 6.54. The van der Waals surface area contributed by atoms with Gasteiger partial charge in [0.2, 0.25) is 0 Å². The summed E-state index contributed by atoms with van der Waals surface area (Å²) in [5.74, 6) is 2.57. The molecule has 1 aliphatic rings. The fourth-order valence-corrected chi connectivity index (χ4v) is 4.17. The summed E-state index contributed by atoms with van der Waals surface area (Å²) in [6.45, 7) is 20.1. The van der Waals surface area contributed by atoms with Crippen LogP contribution in [0.15, 0.2) is 0 Å². The molecule has 0 bridgehead atoms. The van der Waals surface area contributed by atoms with Gasteiger partial charge in [-0.05, 0) is 99.9 Å². The van der Waals surface area contributed by atoms with E-state index in [1.807, 2.05) is 0 Å². The van der Waals surface area contributed by atoms with Gasteiger partial charge in [0.05, 0.1) is 0 Å². The van der Waals surface area contributed by atoms with Gasteiger partial charge in [0.15, 0.2) is 0 Å². The Balaban J connectivity index is 2.40. The van der Waals surface area contributed by atoms with Crippen molar-refractivity contribution in [1.82, 2.24) is 0 Å². The number of fused-ring (bicyclic) bond motifs is 2. The molecule has 0 aromatic heterocycles. The second kappa shape index (κ2) is 5.12. The summed E-state index contributed by atoms with van der Waals surface area (Å²) in [5.41, 5.74) is 13.6. The molecule has 0 fully saturated rings. The number of hydrogen-bond acceptors (Lipinski definition) is 1. The molecular formula is C22H28O. The van der Waals surface area contributed by atoms with E-state index >= 15 is 0 Å². The first-order valence-electron chi connectivity index (χ1n) is 8.56. The van der Waals surface area contributed by atoms with Crippen LogP contribution in [-0.4, -0.2) is 0 Å². The Labute approximate surface area is 140 Å². The van der Waals surface area contributed by atoms with Crippen LogP contribution in [0.2, 0.25) is 0 Å². The lowest BCUT2D eigenvalue weighted by molar-refractivity contribution is 0.439. The van der Waals surface area contributed by atoms with E-state index in [1.54, 1.807) is 0 Å². The highest BCUT2D eigenvalue weighted by molar-refractivity contribution is 5.67. The van der Waals surface area contributed by atoms with Crippen LogP contribution in [0.5, 0.6) is 11.5 Å². The van der Waals surface area contributed by atoms with E-state index in [2.05, 4.69) is 62.3 Å². The summed E-state index contributed by atoms with van der Waals surface area (Å²) in [4.78, 5) is 0. The van der Waals surface area contributed by atoms with Crippen LogP contribution < -0.4 is 4.74 Å². The zero-order valence-electron chi connectivity index (χ0n) is 16.0. The first kappa shape index (κ1) is 16.1. The van der Waals surface area contributed by atoms with Gasteiger partial charge >= 0.3 is 0 Å². The van der Waals surface area contributed by atoms with E-state index in [-0.39, 0.29) is 0 Å². The largest absolute Gasteiger partial charge is 0.456 e. The Morgan fingerprint density at radius 2 is 0.783 bits per heavy atom. The van der Waals surface area contributed by atoms with Gasteiger partial charge in [-0.25, -0.2) is 0 Å². The van der Waals surface area contributed by atoms with E-state index in [9.17, 15) is 0 Å². The lowest BCUT2D eigenvalue weighted by Gasteiger charge is -2.34. The molecule has 2 aromatic carbocycles. The van der Waals surface area contributed by atoms with Crippen LogP contribution in [0.1, 0.15) is 68.5 Å². The fourth-order valence-electron chi connectivity index (χ4n) is 4.17. The number of rotatable bonds is 0. The summed E-state index contributed by atoms with van der Waals surface area (Å²) >= 11 is 0. The predicted octanol–water partition coefficient (Wildman–Crippen LogP) is 6.41. The normalized spacial score (nSPS) is 13.6. The quantitative estimate of drug-likeness (QED) is 0.546. The van der Waals surface area contributed by atoms with Crippen LogP contribution in [-0.2, 0) is 0 Å². The third-order valence-corrected chi connectivity index (χ3v) is 6.42. The van der Waals surface area contributed by atoms with E-state index in [1.165, 1.54) is 55.6 Å². The maximum Gasteiger partial charge on any atom is 0.134 e. The standard InChI is InChI=1S/C22H28O/c1-10-12(3)16(7)21-19(14(10)5)18(9)20-15(6)11(2)13(4)17(8)22(20)23-21/h18H,1-9H3. The van der Waals surface area contributed by atoms with Crippen LogP contribution in [0, 0.1) is 55.4 Å². The van der Waals surface area contributed by atoms with Crippen LogP contribution >= 0.6 is 0 Å². The first-order valence-corrected chi connectivity index (χ1v) is 8.56. The molecular weight excluding hydrogens is 280 g/mol. The van der Waals surface area contributed by atoms with Crippen molar-refractivity contribution in [1.29, 1.82) is 0 Å². The van der Waals surface area contributed by atoms with Crippen LogP contribution in [0.25, 0.3) is 0 Å². The summed E-state index contributed by atoms with van der Waals surface area (Å²) in [6.07, 6.45) is 0. The van der Waals surface area contributed by atoms with Gasteiger partial charge in [-0.1, -0.05) is 6.92 Å². The highest BCUT2D eigenvalue weighted by Crippen LogP contribution is 2.51. The maximum absolute atomic E-state index is 6.54. The van der Waals surface area contributed by atoms with Crippen molar-refractivity contribution in [3.8, 4) is 11.5 Å². The fraction of sp³-hybridized carbons (Fsp3) is 0.455. The molecule has 0 unspecified atom stereocenters. The molecule has 3 rings (SSSR count). The molecule has 0 radical (unpaired) electrons. The number of hydrogen-bond donors (Lipinski definition) is 0. The van der Waals surface area contributed by atoms with Crippen molar-refractivity contribution in [2.45, 2.75) is 68.2 Å². The molecule has 1 aliphatic heterocycles. The zero-order chi connectivity index (χ0) is 17.2. The SMILES string of the molecule is Cc1c(C)c(C)c2c(c1C)Oc1c(C)c(C)c(C)c(C)c1C2C. The third-order valence-electron chi connectivity index (χ3n) is 6.42. The van der Waals surface area contributed by atoms with E-state index < -0.39 is 0 Å². The lowest BCUT2D eigenvalue weighted by Crippen LogP contribution is -2.16. The molecule has 1 heteroatoms. The Kier molecular flexibility index (Phi) is 3.59. The van der Waals surface area contributed by atoms with Gasteiger partial charge in [-0.2, -0.15) is 0 Å². The molecule has 2 aromatic rings. The lowest BCUT2D eigenvalue weighted by atomic mass is 9.78. The molecule has 0 saturated carbocycles. The molecule has 0 atom stereocenters. The number of benzene rings is 2. The molecule has 1 heterocycles. The van der Waals surface area contributed by atoms with Crippen molar-refractivity contribution in [3.63, 3.8) is 0 Å². The van der Waals surface area contributed by atoms with Gasteiger partial charge in [0.1, 0.15) is 11.5 Å². The summed E-state index contributed by atoms with van der Waals surface area (Å²) in [6, 6.07) is 0. The second-order valence-corrected chi connectivity index (χ2v) is 7.31. The van der Waals surface area contributed by atoms with E-state index in [4.69, 9.17) is 4.74 Å². The minimum absolute atomic E-state index is 0.379. The van der Waals surface area contributed by atoms with Crippen molar-refractivity contribution < 1.29 is 4.74 Å².